The highest BCUT2D eigenvalue weighted by molar-refractivity contribution is 5.87. The average molecular weight is 554 g/mol. The van der Waals surface area contributed by atoms with Gasteiger partial charge < -0.3 is 24.4 Å². The van der Waals surface area contributed by atoms with Crippen molar-refractivity contribution in [1.82, 2.24) is 19.5 Å². The molecule has 0 spiro atoms. The van der Waals surface area contributed by atoms with Crippen LogP contribution in [0.25, 0.3) is 11.2 Å². The summed E-state index contributed by atoms with van der Waals surface area (Å²) < 4.78 is 7.66. The van der Waals surface area contributed by atoms with Crippen molar-refractivity contribution in [2.45, 2.75) is 77.8 Å². The van der Waals surface area contributed by atoms with E-state index in [2.05, 4.69) is 91.6 Å². The van der Waals surface area contributed by atoms with Crippen LogP contribution in [0.5, 0.6) is 5.75 Å². The Morgan fingerprint density at radius 1 is 1.00 bits per heavy atom. The molecule has 8 nitrogen and oxygen atoms in total. The van der Waals surface area contributed by atoms with Gasteiger partial charge in [0, 0.05) is 37.1 Å². The molecule has 2 aliphatic rings. The van der Waals surface area contributed by atoms with Crippen molar-refractivity contribution in [1.29, 1.82) is 0 Å². The quantitative estimate of drug-likeness (QED) is 0.275. The molecule has 0 bridgehead atoms. The second kappa shape index (κ2) is 10.2. The summed E-state index contributed by atoms with van der Waals surface area (Å²) >= 11 is 0. The topological polar surface area (TPSA) is 71.3 Å². The van der Waals surface area contributed by atoms with E-state index < -0.39 is 0 Å². The molecule has 0 radical (unpaired) electrons. The lowest BCUT2D eigenvalue weighted by atomic mass is 9.86. The maximum atomic E-state index is 5.37. The summed E-state index contributed by atoms with van der Waals surface area (Å²) in [6.45, 7) is 16.0. The minimum absolute atomic E-state index is 0.0547. The third-order valence-electron chi connectivity index (χ3n) is 8.81. The van der Waals surface area contributed by atoms with Crippen LogP contribution in [0.2, 0.25) is 0 Å². The zero-order valence-corrected chi connectivity index (χ0v) is 25.5. The van der Waals surface area contributed by atoms with Crippen molar-refractivity contribution < 1.29 is 4.74 Å². The molecule has 0 atom stereocenters. The maximum absolute atomic E-state index is 5.37. The molecule has 8 heteroatoms. The van der Waals surface area contributed by atoms with Crippen LogP contribution in [0.3, 0.4) is 0 Å². The number of anilines is 4. The molecule has 4 aromatic rings. The fourth-order valence-electron chi connectivity index (χ4n) is 6.02. The first-order valence-electron chi connectivity index (χ1n) is 14.8. The summed E-state index contributed by atoms with van der Waals surface area (Å²) in [7, 11) is 1.70. The molecule has 3 heterocycles. The second-order valence-electron chi connectivity index (χ2n) is 13.3. The van der Waals surface area contributed by atoms with Crippen LogP contribution in [0.4, 0.5) is 23.1 Å². The highest BCUT2D eigenvalue weighted by Crippen LogP contribution is 2.38. The minimum Gasteiger partial charge on any atom is -0.497 e. The van der Waals surface area contributed by atoms with Gasteiger partial charge in [0.15, 0.2) is 11.5 Å². The molecule has 0 amide bonds. The standard InChI is InChI=1S/C33H43N7O/c1-22-11-12-23(32(2,3)4)19-27(22)35-30-28-29(34-21-39(28)24-9-8-10-24)36-31(37-30)38-17-18-40(33(5,6)20-38)25-13-15-26(41-7)16-14-25/h11-16,19,21,24H,8-10,17-18,20H2,1-7H3,(H,35,36,37). The molecule has 41 heavy (non-hydrogen) atoms. The van der Waals surface area contributed by atoms with Gasteiger partial charge in [-0.25, -0.2) is 4.98 Å². The molecule has 1 saturated carbocycles. The van der Waals surface area contributed by atoms with Crippen LogP contribution < -0.4 is 19.9 Å². The monoisotopic (exact) mass is 553 g/mol. The van der Waals surface area contributed by atoms with Crippen molar-refractivity contribution in [2.24, 2.45) is 0 Å². The van der Waals surface area contributed by atoms with Gasteiger partial charge in [-0.2, -0.15) is 9.97 Å². The van der Waals surface area contributed by atoms with Gasteiger partial charge in [-0.05, 0) is 86.9 Å². The number of benzene rings is 2. The van der Waals surface area contributed by atoms with E-state index in [1.54, 1.807) is 7.11 Å². The zero-order chi connectivity index (χ0) is 28.9. The Labute approximate surface area is 243 Å². The van der Waals surface area contributed by atoms with E-state index in [4.69, 9.17) is 19.7 Å². The Kier molecular flexibility index (Phi) is 6.83. The third kappa shape index (κ3) is 5.20. The van der Waals surface area contributed by atoms with Crippen LogP contribution in [0.15, 0.2) is 48.8 Å². The minimum atomic E-state index is -0.123. The average Bonchev–Trinajstić information content (AvgIpc) is 3.31. The molecule has 1 aliphatic heterocycles. The van der Waals surface area contributed by atoms with Crippen molar-refractivity contribution >= 4 is 34.3 Å². The first-order chi connectivity index (χ1) is 19.5. The zero-order valence-electron chi connectivity index (χ0n) is 25.5. The first-order valence-corrected chi connectivity index (χ1v) is 14.8. The van der Waals surface area contributed by atoms with E-state index in [1.165, 1.54) is 36.1 Å². The Bertz CT molecular complexity index is 1550. The van der Waals surface area contributed by atoms with Crippen LogP contribution >= 0.6 is 0 Å². The molecule has 216 valence electrons. The van der Waals surface area contributed by atoms with Gasteiger partial charge >= 0.3 is 0 Å². The normalized spacial score (nSPS) is 17.5. The molecular formula is C33H43N7O. The first kappa shape index (κ1) is 27.4. The molecule has 0 unspecified atom stereocenters. The van der Waals surface area contributed by atoms with Crippen LogP contribution in [0.1, 0.15) is 71.0 Å². The summed E-state index contributed by atoms with van der Waals surface area (Å²) in [5.74, 6) is 2.43. The Hall–Kier alpha value is -3.81. The Balaban J connectivity index is 1.36. The number of imidazole rings is 1. The molecule has 2 aromatic heterocycles. The third-order valence-corrected chi connectivity index (χ3v) is 8.81. The Morgan fingerprint density at radius 2 is 1.76 bits per heavy atom. The molecule has 6 rings (SSSR count). The number of nitrogens with one attached hydrogen (secondary N) is 1. The van der Waals surface area contributed by atoms with E-state index in [-0.39, 0.29) is 11.0 Å². The van der Waals surface area contributed by atoms with Crippen LogP contribution in [0, 0.1) is 6.92 Å². The smallest absolute Gasteiger partial charge is 0.229 e. The summed E-state index contributed by atoms with van der Waals surface area (Å²) in [4.78, 5) is 19.8. The lowest BCUT2D eigenvalue weighted by Crippen LogP contribution is -2.60. The van der Waals surface area contributed by atoms with Gasteiger partial charge in [0.25, 0.3) is 0 Å². The lowest BCUT2D eigenvalue weighted by molar-refractivity contribution is 0.320. The number of nitrogens with zero attached hydrogens (tertiary/aromatic N) is 6. The van der Waals surface area contributed by atoms with Crippen molar-refractivity contribution in [3.05, 3.63) is 59.9 Å². The fraction of sp³-hybridized carbons (Fsp3) is 0.485. The van der Waals surface area contributed by atoms with Crippen LogP contribution in [-0.2, 0) is 5.41 Å². The van der Waals surface area contributed by atoms with Crippen molar-refractivity contribution in [3.8, 4) is 5.75 Å². The lowest BCUT2D eigenvalue weighted by Gasteiger charge is -2.48. The summed E-state index contributed by atoms with van der Waals surface area (Å²) in [6, 6.07) is 15.5. The number of hydrogen-bond acceptors (Lipinski definition) is 7. The van der Waals surface area contributed by atoms with E-state index in [1.807, 2.05) is 18.5 Å². The SMILES string of the molecule is COc1ccc(N2CCN(c3nc(Nc4cc(C(C)(C)C)ccc4C)c4c(ncn4C4CCC4)n3)CC2(C)C)cc1. The predicted octanol–water partition coefficient (Wildman–Crippen LogP) is 7.01. The summed E-state index contributed by atoms with van der Waals surface area (Å²) in [6.07, 6.45) is 5.56. The largest absolute Gasteiger partial charge is 0.497 e. The van der Waals surface area contributed by atoms with E-state index >= 15 is 0 Å². The number of fused-ring (bicyclic) bond motifs is 1. The van der Waals surface area contributed by atoms with Gasteiger partial charge in [0.05, 0.1) is 19.0 Å². The number of piperazine rings is 1. The molecule has 2 aromatic carbocycles. The van der Waals surface area contributed by atoms with Gasteiger partial charge in [-0.15, -0.1) is 0 Å². The van der Waals surface area contributed by atoms with E-state index in [0.29, 0.717) is 6.04 Å². The number of rotatable bonds is 6. The van der Waals surface area contributed by atoms with Gasteiger partial charge in [0.1, 0.15) is 11.3 Å². The number of aromatic nitrogens is 4. The van der Waals surface area contributed by atoms with E-state index in [9.17, 15) is 0 Å². The molecule has 1 aliphatic carbocycles. The highest BCUT2D eigenvalue weighted by atomic mass is 16.5. The van der Waals surface area contributed by atoms with Gasteiger partial charge in [0.2, 0.25) is 5.95 Å². The predicted molar refractivity (Wildman–Crippen MR) is 168 cm³/mol. The number of hydrogen-bond donors (Lipinski definition) is 1. The molecule has 1 saturated heterocycles. The Morgan fingerprint density at radius 3 is 2.39 bits per heavy atom. The summed E-state index contributed by atoms with van der Waals surface area (Å²) in [5, 5.41) is 3.74. The van der Waals surface area contributed by atoms with Crippen LogP contribution in [-0.4, -0.2) is 51.8 Å². The highest BCUT2D eigenvalue weighted by Gasteiger charge is 2.36. The molecule has 1 N–H and O–H groups in total. The summed E-state index contributed by atoms with van der Waals surface area (Å²) in [5.41, 5.74) is 6.44. The molecular weight excluding hydrogens is 510 g/mol. The van der Waals surface area contributed by atoms with Crippen molar-refractivity contribution in [2.75, 3.05) is 41.9 Å². The number of ether oxygens (including phenoxy) is 1. The van der Waals surface area contributed by atoms with E-state index in [0.717, 1.165) is 54.0 Å². The van der Waals surface area contributed by atoms with Gasteiger partial charge in [-0.3, -0.25) is 0 Å². The fourth-order valence-corrected chi connectivity index (χ4v) is 6.02. The van der Waals surface area contributed by atoms with Gasteiger partial charge in [-0.1, -0.05) is 32.9 Å². The number of aryl methyl sites for hydroxylation is 1. The maximum Gasteiger partial charge on any atom is 0.229 e. The second-order valence-corrected chi connectivity index (χ2v) is 13.3. The molecule has 2 fully saturated rings. The van der Waals surface area contributed by atoms with Crippen molar-refractivity contribution in [3.63, 3.8) is 0 Å². The number of methoxy groups -OCH3 is 1.